The lowest BCUT2D eigenvalue weighted by Crippen LogP contribution is -2.48. The zero-order valence-electron chi connectivity index (χ0n) is 6.52. The highest BCUT2D eigenvalue weighted by atomic mass is 19.3. The second-order valence-corrected chi connectivity index (χ2v) is 3.01. The average molecular weight is 179 g/mol. The molecule has 1 aliphatic carbocycles. The van der Waals surface area contributed by atoms with Gasteiger partial charge in [0.1, 0.15) is 0 Å². The Kier molecular flexibility index (Phi) is 2.49. The minimum absolute atomic E-state index is 0.210. The van der Waals surface area contributed by atoms with E-state index in [1.807, 2.05) is 5.32 Å². The van der Waals surface area contributed by atoms with Gasteiger partial charge in [0.25, 0.3) is 5.92 Å². The Bertz CT molecular complexity index is 184. The number of hydrogen-bond donors (Lipinski definition) is 2. The molecule has 0 bridgehead atoms. The molecule has 0 aliphatic heterocycles. The van der Waals surface area contributed by atoms with Crippen LogP contribution in [0.2, 0.25) is 0 Å². The zero-order chi connectivity index (χ0) is 9.19. The normalized spacial score (nSPS) is 28.0. The zero-order valence-corrected chi connectivity index (χ0v) is 6.52. The van der Waals surface area contributed by atoms with E-state index in [2.05, 4.69) is 0 Å². The highest BCUT2D eigenvalue weighted by molar-refractivity contribution is 5.65. The Morgan fingerprint density at radius 3 is 2.67 bits per heavy atom. The van der Waals surface area contributed by atoms with Crippen molar-refractivity contribution >= 4 is 6.09 Å². The SMILES string of the molecule is O=C(O)NC1CCCCC1(F)F. The van der Waals surface area contributed by atoms with Crippen molar-refractivity contribution < 1.29 is 18.7 Å². The summed E-state index contributed by atoms with van der Waals surface area (Å²) in [6.45, 7) is 0. The molecule has 1 amide bonds. The van der Waals surface area contributed by atoms with Crippen molar-refractivity contribution in [3.8, 4) is 0 Å². The van der Waals surface area contributed by atoms with Crippen LogP contribution in [-0.2, 0) is 0 Å². The summed E-state index contributed by atoms with van der Waals surface area (Å²) in [7, 11) is 0. The minimum Gasteiger partial charge on any atom is -0.465 e. The first kappa shape index (κ1) is 9.22. The van der Waals surface area contributed by atoms with Gasteiger partial charge >= 0.3 is 6.09 Å². The molecule has 1 rings (SSSR count). The van der Waals surface area contributed by atoms with Gasteiger partial charge in [0.2, 0.25) is 0 Å². The molecular formula is C7H11F2NO2. The lowest BCUT2D eigenvalue weighted by molar-refractivity contribution is -0.0614. The van der Waals surface area contributed by atoms with E-state index in [0.717, 1.165) is 0 Å². The van der Waals surface area contributed by atoms with E-state index < -0.39 is 18.1 Å². The van der Waals surface area contributed by atoms with Gasteiger partial charge in [-0.25, -0.2) is 13.6 Å². The fourth-order valence-electron chi connectivity index (χ4n) is 1.42. The second kappa shape index (κ2) is 3.25. The molecule has 0 heterocycles. The maximum absolute atomic E-state index is 12.9. The van der Waals surface area contributed by atoms with Gasteiger partial charge in [0.05, 0.1) is 6.04 Å². The van der Waals surface area contributed by atoms with Crippen LogP contribution < -0.4 is 5.32 Å². The van der Waals surface area contributed by atoms with Crippen LogP contribution in [-0.4, -0.2) is 23.2 Å². The fourth-order valence-corrected chi connectivity index (χ4v) is 1.42. The highest BCUT2D eigenvalue weighted by Crippen LogP contribution is 2.33. The monoisotopic (exact) mass is 179 g/mol. The van der Waals surface area contributed by atoms with Gasteiger partial charge in [-0.15, -0.1) is 0 Å². The van der Waals surface area contributed by atoms with Crippen LogP contribution >= 0.6 is 0 Å². The number of rotatable bonds is 1. The maximum atomic E-state index is 12.9. The van der Waals surface area contributed by atoms with Crippen molar-refractivity contribution in [3.63, 3.8) is 0 Å². The quantitative estimate of drug-likeness (QED) is 0.645. The standard InChI is InChI=1S/C7H11F2NO2/c8-7(9)4-2-1-3-5(7)10-6(11)12/h5,10H,1-4H2,(H,11,12). The Hall–Kier alpha value is -0.870. The first-order chi connectivity index (χ1) is 5.52. The molecule has 2 N–H and O–H groups in total. The summed E-state index contributed by atoms with van der Waals surface area (Å²) in [5.41, 5.74) is 0. The minimum atomic E-state index is -2.86. The second-order valence-electron chi connectivity index (χ2n) is 3.01. The van der Waals surface area contributed by atoms with E-state index in [0.29, 0.717) is 12.8 Å². The molecular weight excluding hydrogens is 168 g/mol. The molecule has 70 valence electrons. The smallest absolute Gasteiger partial charge is 0.405 e. The number of alkyl halides is 2. The van der Waals surface area contributed by atoms with Crippen molar-refractivity contribution in [1.82, 2.24) is 5.32 Å². The van der Waals surface area contributed by atoms with E-state index in [1.165, 1.54) is 0 Å². The third-order valence-corrected chi connectivity index (χ3v) is 2.06. The highest BCUT2D eigenvalue weighted by Gasteiger charge is 2.42. The van der Waals surface area contributed by atoms with Crippen LogP contribution in [0.25, 0.3) is 0 Å². The summed E-state index contributed by atoms with van der Waals surface area (Å²) in [6, 6.07) is -1.19. The van der Waals surface area contributed by atoms with Crippen LogP contribution in [0.1, 0.15) is 25.7 Å². The maximum Gasteiger partial charge on any atom is 0.405 e. The molecule has 0 radical (unpaired) electrons. The lowest BCUT2D eigenvalue weighted by Gasteiger charge is -2.30. The van der Waals surface area contributed by atoms with E-state index in [9.17, 15) is 13.6 Å². The number of hydrogen-bond acceptors (Lipinski definition) is 1. The molecule has 3 nitrogen and oxygen atoms in total. The Morgan fingerprint density at radius 2 is 2.17 bits per heavy atom. The summed E-state index contributed by atoms with van der Waals surface area (Å²) in [5, 5.41) is 10.1. The van der Waals surface area contributed by atoms with Crippen molar-refractivity contribution in [1.29, 1.82) is 0 Å². The number of halogens is 2. The summed E-state index contributed by atoms with van der Waals surface area (Å²) >= 11 is 0. The van der Waals surface area contributed by atoms with E-state index in [-0.39, 0.29) is 12.8 Å². The van der Waals surface area contributed by atoms with Crippen LogP contribution in [0.5, 0.6) is 0 Å². The van der Waals surface area contributed by atoms with Crippen LogP contribution in [0.3, 0.4) is 0 Å². The molecule has 0 saturated heterocycles. The third kappa shape index (κ3) is 2.06. The van der Waals surface area contributed by atoms with E-state index >= 15 is 0 Å². The molecule has 1 aliphatic rings. The molecule has 0 aromatic heterocycles. The summed E-state index contributed by atoms with van der Waals surface area (Å²) in [4.78, 5) is 10.1. The van der Waals surface area contributed by atoms with Gasteiger partial charge in [-0.2, -0.15) is 0 Å². The van der Waals surface area contributed by atoms with Gasteiger partial charge in [-0.05, 0) is 12.8 Å². The number of carbonyl (C=O) groups is 1. The van der Waals surface area contributed by atoms with E-state index in [4.69, 9.17) is 5.11 Å². The largest absolute Gasteiger partial charge is 0.465 e. The summed E-state index contributed by atoms with van der Waals surface area (Å²) in [5.74, 6) is -2.86. The molecule has 5 heteroatoms. The average Bonchev–Trinajstić information content (AvgIpc) is 1.92. The Balaban J connectivity index is 2.54. The van der Waals surface area contributed by atoms with Gasteiger partial charge in [-0.1, -0.05) is 6.42 Å². The first-order valence-electron chi connectivity index (χ1n) is 3.89. The molecule has 1 saturated carbocycles. The molecule has 1 fully saturated rings. The molecule has 0 aromatic rings. The van der Waals surface area contributed by atoms with E-state index in [1.54, 1.807) is 0 Å². The lowest BCUT2D eigenvalue weighted by atomic mass is 9.92. The topological polar surface area (TPSA) is 49.3 Å². The van der Waals surface area contributed by atoms with Crippen LogP contribution in [0.4, 0.5) is 13.6 Å². The Morgan fingerprint density at radius 1 is 1.50 bits per heavy atom. The predicted octanol–water partition coefficient (Wildman–Crippen LogP) is 1.83. The van der Waals surface area contributed by atoms with Crippen LogP contribution in [0, 0.1) is 0 Å². The predicted molar refractivity (Wildman–Crippen MR) is 38.4 cm³/mol. The number of amides is 1. The number of nitrogens with one attached hydrogen (secondary N) is 1. The molecule has 0 aromatic carbocycles. The van der Waals surface area contributed by atoms with Crippen molar-refractivity contribution in [2.75, 3.05) is 0 Å². The van der Waals surface area contributed by atoms with Crippen LogP contribution in [0.15, 0.2) is 0 Å². The fraction of sp³-hybridized carbons (Fsp3) is 0.857. The summed E-state index contributed by atoms with van der Waals surface area (Å²) in [6.07, 6.45) is -0.204. The third-order valence-electron chi connectivity index (χ3n) is 2.06. The van der Waals surface area contributed by atoms with Crippen molar-refractivity contribution in [2.45, 2.75) is 37.6 Å². The van der Waals surface area contributed by atoms with Gasteiger partial charge in [0.15, 0.2) is 0 Å². The molecule has 1 atom stereocenters. The van der Waals surface area contributed by atoms with Crippen molar-refractivity contribution in [3.05, 3.63) is 0 Å². The van der Waals surface area contributed by atoms with Gasteiger partial charge in [-0.3, -0.25) is 0 Å². The first-order valence-corrected chi connectivity index (χ1v) is 3.89. The molecule has 0 spiro atoms. The summed E-state index contributed by atoms with van der Waals surface area (Å²) < 4.78 is 25.8. The van der Waals surface area contributed by atoms with Gasteiger partial charge in [0, 0.05) is 6.42 Å². The van der Waals surface area contributed by atoms with Crippen molar-refractivity contribution in [2.24, 2.45) is 0 Å². The molecule has 12 heavy (non-hydrogen) atoms. The Labute approximate surface area is 68.8 Å². The van der Waals surface area contributed by atoms with Gasteiger partial charge < -0.3 is 10.4 Å². The molecule has 1 unspecified atom stereocenters. The number of carboxylic acid groups (broad SMARTS) is 1.